The van der Waals surface area contributed by atoms with Gasteiger partial charge in [0.2, 0.25) is 16.7 Å². The third kappa shape index (κ3) is 8.15. The van der Waals surface area contributed by atoms with Crippen molar-refractivity contribution in [3.63, 3.8) is 0 Å². The highest BCUT2D eigenvalue weighted by Gasteiger charge is 2.53. The molecule has 5 N–H and O–H groups in total. The maximum Gasteiger partial charge on any atom is 0.478 e. The summed E-state index contributed by atoms with van der Waals surface area (Å²) in [6.07, 6.45) is 4.59. The Morgan fingerprint density at radius 2 is 2.00 bits per heavy atom. The van der Waals surface area contributed by atoms with Crippen LogP contribution in [0.3, 0.4) is 0 Å². The Labute approximate surface area is 280 Å². The Kier molecular flexibility index (Phi) is 10.3. The molecule has 3 aromatic heterocycles. The third-order valence-electron chi connectivity index (χ3n) is 5.91. The SMILES string of the molecule is C=CO/N=C(\C(=O)N[C@@H]1C(=O)N2C(C(=O)[O-])=C(Sc3nc(-c4cc[n+](C)cc4)cs3)CS[C@H]12)c1nsc(NP(=O)(O)OP(=O)(O)O)n1. The summed E-state index contributed by atoms with van der Waals surface area (Å²) in [5.74, 6) is -3.70. The number of β-lactam (4-membered cyclic amide) rings is 1. The van der Waals surface area contributed by atoms with E-state index in [1.54, 1.807) is 5.09 Å². The fourth-order valence-corrected chi connectivity index (χ4v) is 10.0. The second-order valence-electron chi connectivity index (χ2n) is 9.11. The second-order valence-corrected chi connectivity index (χ2v) is 16.1. The molecule has 1 unspecified atom stereocenters. The molecule has 19 nitrogen and oxygen atoms in total. The van der Waals surface area contributed by atoms with Gasteiger partial charge < -0.3 is 34.7 Å². The maximum absolute atomic E-state index is 13.2. The Hall–Kier alpha value is -3.50. The number of anilines is 1. The number of carboxylic acids is 1. The van der Waals surface area contributed by atoms with Crippen molar-refractivity contribution in [3.05, 3.63) is 59.2 Å². The number of aliphatic carboxylic acids is 1. The van der Waals surface area contributed by atoms with Gasteiger partial charge in [-0.25, -0.2) is 18.7 Å². The predicted octanol–water partition coefficient (Wildman–Crippen LogP) is 0.126. The predicted molar refractivity (Wildman–Crippen MR) is 166 cm³/mol. The van der Waals surface area contributed by atoms with Crippen LogP contribution in [0.4, 0.5) is 5.13 Å². The van der Waals surface area contributed by atoms with E-state index in [0.717, 1.165) is 28.5 Å². The summed E-state index contributed by atoms with van der Waals surface area (Å²) in [4.78, 5) is 80.3. The molecule has 25 heteroatoms. The van der Waals surface area contributed by atoms with Crippen LogP contribution in [-0.4, -0.2) is 74.6 Å². The molecule has 1 saturated heterocycles. The van der Waals surface area contributed by atoms with Crippen LogP contribution in [0.2, 0.25) is 0 Å². The number of fused-ring (bicyclic) bond motifs is 1. The topological polar surface area (TPSA) is 270 Å². The van der Waals surface area contributed by atoms with E-state index in [-0.39, 0.29) is 11.4 Å². The highest BCUT2D eigenvalue weighted by atomic mass is 32.2. The lowest BCUT2D eigenvalue weighted by Crippen LogP contribution is -2.71. The molecule has 2 aliphatic rings. The van der Waals surface area contributed by atoms with Crippen molar-refractivity contribution < 1.29 is 57.0 Å². The summed E-state index contributed by atoms with van der Waals surface area (Å²) < 4.78 is 32.9. The minimum atomic E-state index is -5.37. The molecule has 0 aromatic carbocycles. The van der Waals surface area contributed by atoms with E-state index in [9.17, 15) is 33.5 Å². The summed E-state index contributed by atoms with van der Waals surface area (Å²) in [5, 5.41) is 20.5. The average molecular weight is 763 g/mol. The van der Waals surface area contributed by atoms with Crippen LogP contribution in [0, 0.1) is 0 Å². The number of aryl methyl sites for hydroxylation is 1. The summed E-state index contributed by atoms with van der Waals surface area (Å²) in [6.45, 7) is 3.30. The van der Waals surface area contributed by atoms with Crippen LogP contribution in [-0.2, 0) is 39.7 Å². The number of hydrogen-bond acceptors (Lipinski definition) is 16. The maximum atomic E-state index is 13.2. The lowest BCUT2D eigenvalue weighted by Gasteiger charge is -2.50. The van der Waals surface area contributed by atoms with E-state index in [0.29, 0.717) is 26.5 Å². The van der Waals surface area contributed by atoms with Crippen molar-refractivity contribution >= 4 is 90.6 Å². The number of amides is 2. The number of pyridine rings is 1. The van der Waals surface area contributed by atoms with Gasteiger partial charge in [-0.2, -0.15) is 13.7 Å². The Balaban J connectivity index is 1.30. The first-order valence-electron chi connectivity index (χ1n) is 12.5. The first kappa shape index (κ1) is 34.8. The summed E-state index contributed by atoms with van der Waals surface area (Å²) in [6, 6.07) is 2.57. The van der Waals surface area contributed by atoms with Gasteiger partial charge in [0, 0.05) is 45.3 Å². The number of hydrogen-bond donors (Lipinski definition) is 5. The molecular formula is C22H20N8O11P2S4. The number of oxime groups is 1. The number of nitrogens with zero attached hydrogens (tertiary/aromatic N) is 6. The molecule has 248 valence electrons. The van der Waals surface area contributed by atoms with Crippen LogP contribution in [0.15, 0.2) is 62.8 Å². The fourth-order valence-electron chi connectivity index (χ4n) is 4.01. The van der Waals surface area contributed by atoms with Gasteiger partial charge in [-0.05, 0) is 0 Å². The number of thioether (sulfide) groups is 2. The first-order valence-corrected chi connectivity index (χ1v) is 19.1. The molecule has 2 amide bonds. The summed E-state index contributed by atoms with van der Waals surface area (Å²) in [5.41, 5.74) is 0.611. The number of thiazole rings is 1. The Bertz CT molecular complexity index is 1910. The van der Waals surface area contributed by atoms with Crippen molar-refractivity contribution in [1.82, 2.24) is 24.6 Å². The van der Waals surface area contributed by atoms with Gasteiger partial charge in [0.1, 0.15) is 24.7 Å². The monoisotopic (exact) mass is 762 g/mol. The van der Waals surface area contributed by atoms with Crippen LogP contribution in [0.5, 0.6) is 0 Å². The van der Waals surface area contributed by atoms with E-state index in [4.69, 9.17) is 14.6 Å². The fraction of sp³-hybridized carbons (Fsp3) is 0.182. The van der Waals surface area contributed by atoms with E-state index in [1.807, 2.05) is 41.5 Å². The molecule has 0 spiro atoms. The van der Waals surface area contributed by atoms with Crippen molar-refractivity contribution in [2.75, 3.05) is 10.8 Å². The molecule has 47 heavy (non-hydrogen) atoms. The van der Waals surface area contributed by atoms with Crippen molar-refractivity contribution in [3.8, 4) is 11.3 Å². The van der Waals surface area contributed by atoms with Crippen molar-refractivity contribution in [2.24, 2.45) is 12.2 Å². The Morgan fingerprint density at radius 1 is 1.28 bits per heavy atom. The zero-order chi connectivity index (χ0) is 34.1. The quantitative estimate of drug-likeness (QED) is 0.0387. The minimum absolute atomic E-state index is 0.159. The number of carbonyl (C=O) groups is 3. The molecule has 0 saturated carbocycles. The summed E-state index contributed by atoms with van der Waals surface area (Å²) in [7, 11) is -8.59. The van der Waals surface area contributed by atoms with Crippen molar-refractivity contribution in [1.29, 1.82) is 0 Å². The number of phosphoric acid groups is 1. The third-order valence-corrected chi connectivity index (χ3v) is 12.4. The molecule has 2 aliphatic heterocycles. The lowest BCUT2D eigenvalue weighted by molar-refractivity contribution is -0.671. The molecule has 0 aliphatic carbocycles. The smallest absolute Gasteiger partial charge is 0.478 e. The zero-order valence-electron chi connectivity index (χ0n) is 23.4. The average Bonchev–Trinajstić information content (AvgIpc) is 3.64. The first-order chi connectivity index (χ1) is 22.2. The molecule has 5 heterocycles. The van der Waals surface area contributed by atoms with Crippen LogP contribution in [0.1, 0.15) is 5.82 Å². The Morgan fingerprint density at radius 3 is 2.66 bits per heavy atom. The summed E-state index contributed by atoms with van der Waals surface area (Å²) >= 11 is 4.00. The number of aromatic nitrogens is 4. The highest BCUT2D eigenvalue weighted by molar-refractivity contribution is 8.07. The van der Waals surface area contributed by atoms with E-state index in [2.05, 4.69) is 35.7 Å². The van der Waals surface area contributed by atoms with E-state index < -0.39 is 61.4 Å². The van der Waals surface area contributed by atoms with E-state index in [1.165, 1.54) is 23.1 Å². The number of nitrogens with one attached hydrogen (secondary N) is 2. The zero-order valence-corrected chi connectivity index (χ0v) is 28.4. The lowest BCUT2D eigenvalue weighted by atomic mass is 10.0. The number of rotatable bonds is 13. The molecule has 0 bridgehead atoms. The molecule has 3 aromatic rings. The number of carbonyl (C=O) groups excluding carboxylic acids is 3. The van der Waals surface area contributed by atoms with Crippen molar-refractivity contribution in [2.45, 2.75) is 15.8 Å². The van der Waals surface area contributed by atoms with Gasteiger partial charge in [0.25, 0.3) is 11.8 Å². The highest BCUT2D eigenvalue weighted by Crippen LogP contribution is 2.56. The second kappa shape index (κ2) is 13.9. The molecule has 5 rings (SSSR count). The van der Waals surface area contributed by atoms with Gasteiger partial charge in [0.15, 0.2) is 16.7 Å². The normalized spacial score (nSPS) is 19.4. The van der Waals surface area contributed by atoms with Gasteiger partial charge in [0.05, 0.1) is 17.4 Å². The number of carboxylic acid groups (broad SMARTS) is 1. The molecule has 1 fully saturated rings. The molecule has 0 radical (unpaired) electrons. The largest absolute Gasteiger partial charge is 0.543 e. The van der Waals surface area contributed by atoms with Crippen LogP contribution in [0.25, 0.3) is 11.3 Å². The van der Waals surface area contributed by atoms with Crippen LogP contribution >= 0.6 is 62.0 Å². The van der Waals surface area contributed by atoms with Gasteiger partial charge >= 0.3 is 15.6 Å². The molecular weight excluding hydrogens is 743 g/mol. The van der Waals surface area contributed by atoms with Gasteiger partial charge in [-0.3, -0.25) is 19.6 Å². The van der Waals surface area contributed by atoms with Gasteiger partial charge in [-0.15, -0.1) is 23.1 Å². The standard InChI is InChI=1S/C22H20N8O11P2S4/c1-3-40-26-13(16-25-21(47-28-16)27-42(35,36)41-43(37,38)39)17(31)24-14-18(32)30-15(20(33)34)12(9-44-19(14)30)46-22-23-11(8-45-22)10-4-6-29(2)7-5-10/h3-8,14,19H,1,9H2,2H3,(H5-,24,25,27,28,31,33,34,35,36,37,38,39)/b26-13-/t14-,19-/m1/s1. The van der Waals surface area contributed by atoms with Gasteiger partial charge in [-0.1, -0.05) is 23.5 Å². The van der Waals surface area contributed by atoms with Crippen LogP contribution < -0.4 is 20.1 Å². The minimum Gasteiger partial charge on any atom is -0.543 e. The molecule has 3 atom stereocenters. The van der Waals surface area contributed by atoms with E-state index >= 15 is 0 Å².